The third-order valence-corrected chi connectivity index (χ3v) is 5.45. The molecule has 0 aliphatic carbocycles. The van der Waals surface area contributed by atoms with Gasteiger partial charge in [0.1, 0.15) is 0 Å². The minimum absolute atomic E-state index is 0.0412. The number of fused-ring (bicyclic) bond motifs is 1. The first-order valence-electron chi connectivity index (χ1n) is 9.83. The van der Waals surface area contributed by atoms with Crippen LogP contribution in [0.3, 0.4) is 0 Å². The van der Waals surface area contributed by atoms with Crippen LogP contribution in [0, 0.1) is 13.8 Å². The van der Waals surface area contributed by atoms with Crippen LogP contribution in [0.15, 0.2) is 23.0 Å². The van der Waals surface area contributed by atoms with Crippen molar-refractivity contribution in [1.82, 2.24) is 24.8 Å². The molecular weight excluding hydrogens is 399 g/mol. The second kappa shape index (κ2) is 7.73. The summed E-state index contributed by atoms with van der Waals surface area (Å²) in [5.74, 6) is -0.328. The third-order valence-electron chi connectivity index (χ3n) is 5.45. The van der Waals surface area contributed by atoms with Crippen molar-refractivity contribution in [3.05, 3.63) is 41.0 Å². The number of carbonyl (C=O) groups excluding carboxylic acids is 1. The van der Waals surface area contributed by atoms with E-state index in [1.54, 1.807) is 15.8 Å². The molecule has 1 atom stereocenters. The number of aromatic nitrogens is 4. The molecule has 1 saturated heterocycles. The van der Waals surface area contributed by atoms with Crippen LogP contribution in [0.4, 0.5) is 13.2 Å². The summed E-state index contributed by atoms with van der Waals surface area (Å²) >= 11 is 0. The molecule has 1 aliphatic rings. The molecule has 0 spiro atoms. The van der Waals surface area contributed by atoms with Crippen LogP contribution < -0.4 is 0 Å². The van der Waals surface area contributed by atoms with Gasteiger partial charge in [0.15, 0.2) is 0 Å². The van der Waals surface area contributed by atoms with Gasteiger partial charge in [-0.2, -0.15) is 18.3 Å². The zero-order chi connectivity index (χ0) is 21.5. The smallest absolute Gasteiger partial charge is 0.342 e. The number of carbonyl (C=O) groups is 1. The van der Waals surface area contributed by atoms with E-state index >= 15 is 0 Å². The molecule has 3 aromatic heterocycles. The predicted octanol–water partition coefficient (Wildman–Crippen LogP) is 3.85. The van der Waals surface area contributed by atoms with Crippen LogP contribution in [-0.2, 0) is 17.5 Å². The van der Waals surface area contributed by atoms with E-state index in [1.807, 2.05) is 13.1 Å². The standard InChI is InChI=1S/C20H22F3N5O2/c1-12-9-24-28(10-12)7-5-17(29)27-6-3-4-14(11-27)16-8-15(20(21,22)23)18-13(2)26-30-19(18)25-16/h8-10,14H,3-7,11H2,1-2H3. The number of amides is 1. The summed E-state index contributed by atoms with van der Waals surface area (Å²) in [6.07, 6.45) is 0.697. The molecule has 4 rings (SSSR count). The van der Waals surface area contributed by atoms with Gasteiger partial charge < -0.3 is 9.42 Å². The summed E-state index contributed by atoms with van der Waals surface area (Å²) in [5.41, 5.74) is 0.551. The summed E-state index contributed by atoms with van der Waals surface area (Å²) in [5, 5.41) is 7.71. The quantitative estimate of drug-likeness (QED) is 0.640. The van der Waals surface area contributed by atoms with Gasteiger partial charge in [-0.05, 0) is 38.3 Å². The highest BCUT2D eigenvalue weighted by atomic mass is 19.4. The zero-order valence-corrected chi connectivity index (χ0v) is 16.7. The van der Waals surface area contributed by atoms with Gasteiger partial charge in [-0.3, -0.25) is 9.48 Å². The van der Waals surface area contributed by atoms with E-state index in [-0.39, 0.29) is 40.7 Å². The lowest BCUT2D eigenvalue weighted by atomic mass is 9.92. The maximum Gasteiger partial charge on any atom is 0.417 e. The van der Waals surface area contributed by atoms with Crippen molar-refractivity contribution in [2.45, 2.75) is 51.7 Å². The third kappa shape index (κ3) is 4.03. The molecule has 4 heterocycles. The number of alkyl halides is 3. The van der Waals surface area contributed by atoms with Gasteiger partial charge in [0.25, 0.3) is 5.71 Å². The topological polar surface area (TPSA) is 77.0 Å². The van der Waals surface area contributed by atoms with E-state index in [1.165, 1.54) is 6.92 Å². The van der Waals surface area contributed by atoms with Gasteiger partial charge in [0.05, 0.1) is 28.5 Å². The summed E-state index contributed by atoms with van der Waals surface area (Å²) in [6, 6.07) is 1.08. The fraction of sp³-hybridized carbons (Fsp3) is 0.500. The number of halogens is 3. The van der Waals surface area contributed by atoms with Crippen molar-refractivity contribution in [3.63, 3.8) is 0 Å². The number of aryl methyl sites for hydroxylation is 3. The molecular formula is C20H22F3N5O2. The number of hydrogen-bond acceptors (Lipinski definition) is 5. The van der Waals surface area contributed by atoms with Crippen LogP contribution in [0.25, 0.3) is 11.1 Å². The molecule has 1 amide bonds. The Kier molecular flexibility index (Phi) is 5.25. The average Bonchev–Trinajstić information content (AvgIpc) is 3.30. The minimum atomic E-state index is -4.54. The van der Waals surface area contributed by atoms with Gasteiger partial charge >= 0.3 is 6.18 Å². The van der Waals surface area contributed by atoms with E-state index in [0.29, 0.717) is 32.5 Å². The van der Waals surface area contributed by atoms with Crippen molar-refractivity contribution >= 4 is 17.0 Å². The minimum Gasteiger partial charge on any atom is -0.342 e. The van der Waals surface area contributed by atoms with E-state index in [9.17, 15) is 18.0 Å². The summed E-state index contributed by atoms with van der Waals surface area (Å²) in [7, 11) is 0. The summed E-state index contributed by atoms with van der Waals surface area (Å²) < 4.78 is 47.6. The fourth-order valence-electron chi connectivity index (χ4n) is 3.95. The second-order valence-electron chi connectivity index (χ2n) is 7.75. The zero-order valence-electron chi connectivity index (χ0n) is 16.7. The van der Waals surface area contributed by atoms with Gasteiger partial charge in [0, 0.05) is 38.2 Å². The summed E-state index contributed by atoms with van der Waals surface area (Å²) in [6.45, 7) is 4.77. The molecule has 30 heavy (non-hydrogen) atoms. The maximum absolute atomic E-state index is 13.6. The first-order valence-corrected chi connectivity index (χ1v) is 9.83. The monoisotopic (exact) mass is 421 g/mol. The van der Waals surface area contributed by atoms with E-state index in [0.717, 1.165) is 11.6 Å². The number of piperidine rings is 1. The number of likely N-dealkylation sites (tertiary alicyclic amines) is 1. The molecule has 0 aromatic carbocycles. The van der Waals surface area contributed by atoms with Crippen molar-refractivity contribution in [2.75, 3.05) is 13.1 Å². The largest absolute Gasteiger partial charge is 0.417 e. The Morgan fingerprint density at radius 2 is 2.13 bits per heavy atom. The van der Waals surface area contributed by atoms with Crippen LogP contribution >= 0.6 is 0 Å². The molecule has 1 aliphatic heterocycles. The Bertz CT molecular complexity index is 1070. The highest BCUT2D eigenvalue weighted by Crippen LogP contribution is 2.38. The predicted molar refractivity (Wildman–Crippen MR) is 102 cm³/mol. The van der Waals surface area contributed by atoms with E-state index in [2.05, 4.69) is 15.2 Å². The average molecular weight is 421 g/mol. The van der Waals surface area contributed by atoms with E-state index in [4.69, 9.17) is 4.52 Å². The Morgan fingerprint density at radius 3 is 2.83 bits per heavy atom. The molecule has 3 aromatic rings. The lowest BCUT2D eigenvalue weighted by Crippen LogP contribution is -2.39. The fourth-order valence-corrected chi connectivity index (χ4v) is 3.95. The number of pyridine rings is 1. The Balaban J connectivity index is 1.53. The molecule has 10 heteroatoms. The number of rotatable bonds is 4. The molecule has 1 unspecified atom stereocenters. The van der Waals surface area contributed by atoms with Gasteiger partial charge in [-0.25, -0.2) is 4.98 Å². The molecule has 0 N–H and O–H groups in total. The van der Waals surface area contributed by atoms with Crippen LogP contribution in [0.5, 0.6) is 0 Å². The van der Waals surface area contributed by atoms with Crippen LogP contribution in [-0.4, -0.2) is 43.8 Å². The first-order chi connectivity index (χ1) is 14.2. The highest BCUT2D eigenvalue weighted by molar-refractivity contribution is 5.81. The molecule has 7 nitrogen and oxygen atoms in total. The molecule has 0 radical (unpaired) electrons. The Morgan fingerprint density at radius 1 is 1.33 bits per heavy atom. The Labute approximate surface area is 170 Å². The van der Waals surface area contributed by atoms with Crippen molar-refractivity contribution in [3.8, 4) is 0 Å². The number of hydrogen-bond donors (Lipinski definition) is 0. The van der Waals surface area contributed by atoms with Crippen LogP contribution in [0.1, 0.15) is 47.7 Å². The van der Waals surface area contributed by atoms with Crippen molar-refractivity contribution < 1.29 is 22.5 Å². The highest BCUT2D eigenvalue weighted by Gasteiger charge is 2.37. The number of nitrogens with zero attached hydrogens (tertiary/aromatic N) is 5. The normalized spacial score (nSPS) is 17.6. The van der Waals surface area contributed by atoms with Crippen molar-refractivity contribution in [2.24, 2.45) is 0 Å². The maximum atomic E-state index is 13.6. The second-order valence-corrected chi connectivity index (χ2v) is 7.75. The first kappa shape index (κ1) is 20.4. The molecule has 1 fully saturated rings. The molecule has 0 bridgehead atoms. The SMILES string of the molecule is Cc1cnn(CCC(=O)N2CCCC(c3cc(C(F)(F)F)c4c(C)noc4n3)C2)c1. The van der Waals surface area contributed by atoms with E-state index < -0.39 is 11.7 Å². The molecule has 160 valence electrons. The lowest BCUT2D eigenvalue weighted by Gasteiger charge is -2.32. The lowest BCUT2D eigenvalue weighted by molar-refractivity contribution is -0.136. The molecule has 0 saturated carbocycles. The van der Waals surface area contributed by atoms with Gasteiger partial charge in [-0.1, -0.05) is 5.16 Å². The Hall–Kier alpha value is -2.91. The van der Waals surface area contributed by atoms with Gasteiger partial charge in [0.2, 0.25) is 5.91 Å². The summed E-state index contributed by atoms with van der Waals surface area (Å²) in [4.78, 5) is 18.7. The van der Waals surface area contributed by atoms with Crippen molar-refractivity contribution in [1.29, 1.82) is 0 Å². The van der Waals surface area contributed by atoms with Crippen LogP contribution in [0.2, 0.25) is 0 Å². The van der Waals surface area contributed by atoms with Gasteiger partial charge in [-0.15, -0.1) is 0 Å².